The Labute approximate surface area is 167 Å². The second kappa shape index (κ2) is 7.22. The summed E-state index contributed by atoms with van der Waals surface area (Å²) in [5.41, 5.74) is -6.25. The van der Waals surface area contributed by atoms with Crippen molar-refractivity contribution in [3.8, 4) is 0 Å². The first-order chi connectivity index (χ1) is 14.0. The molecule has 1 aliphatic heterocycles. The Bertz CT molecular complexity index is 855. The van der Waals surface area contributed by atoms with Crippen LogP contribution in [0.2, 0.25) is 0 Å². The fourth-order valence-electron chi connectivity index (χ4n) is 3.65. The van der Waals surface area contributed by atoms with E-state index in [0.717, 1.165) is 0 Å². The van der Waals surface area contributed by atoms with E-state index in [4.69, 9.17) is 4.74 Å². The van der Waals surface area contributed by atoms with E-state index < -0.39 is 78.1 Å². The summed E-state index contributed by atoms with van der Waals surface area (Å²) in [6, 6.07) is 1.23. The van der Waals surface area contributed by atoms with Gasteiger partial charge in [-0.1, -0.05) is 6.07 Å². The van der Waals surface area contributed by atoms with Gasteiger partial charge >= 0.3 is 24.5 Å². The van der Waals surface area contributed by atoms with Gasteiger partial charge in [0.2, 0.25) is 0 Å². The third-order valence-corrected chi connectivity index (χ3v) is 5.33. The molecule has 2 aliphatic rings. The molecule has 1 saturated heterocycles. The van der Waals surface area contributed by atoms with E-state index >= 15 is 0 Å². The third kappa shape index (κ3) is 4.31. The molecule has 174 valence electrons. The van der Waals surface area contributed by atoms with Crippen LogP contribution in [0.15, 0.2) is 18.2 Å². The van der Waals surface area contributed by atoms with Gasteiger partial charge in [-0.3, -0.25) is 5.32 Å². The van der Waals surface area contributed by atoms with Crippen LogP contribution in [-0.4, -0.2) is 36.7 Å². The average Bonchev–Trinajstić information content (AvgIpc) is 2.55. The Morgan fingerprint density at radius 1 is 1.06 bits per heavy atom. The number of alkyl halides is 9. The molecule has 31 heavy (non-hydrogen) atoms. The number of esters is 1. The van der Waals surface area contributed by atoms with Gasteiger partial charge in [0.1, 0.15) is 5.82 Å². The molecule has 0 radical (unpaired) electrons. The standard InChI is InChI=1S/C17H13F10NO3/c18-10-3-9(15(19,20)21)2-1-8(10)4-30-14(17(25,26)27)5-13(6-14)7-28-11(13)31-12(29)16(22,23)24/h1-3,11,28H,4-7H2. The summed E-state index contributed by atoms with van der Waals surface area (Å²) in [4.78, 5) is 10.9. The number of rotatable bonds is 4. The van der Waals surface area contributed by atoms with E-state index in [2.05, 4.69) is 10.1 Å². The summed E-state index contributed by atoms with van der Waals surface area (Å²) in [6.07, 6.45) is -18.6. The Morgan fingerprint density at radius 3 is 2.10 bits per heavy atom. The van der Waals surface area contributed by atoms with Gasteiger partial charge in [0.25, 0.3) is 0 Å². The molecule has 1 spiro atoms. The quantitative estimate of drug-likeness (QED) is 0.522. The zero-order valence-corrected chi connectivity index (χ0v) is 15.1. The van der Waals surface area contributed by atoms with E-state index in [0.29, 0.717) is 12.1 Å². The molecule has 1 atom stereocenters. The van der Waals surface area contributed by atoms with Gasteiger partial charge < -0.3 is 9.47 Å². The van der Waals surface area contributed by atoms with Crippen molar-refractivity contribution in [2.75, 3.05) is 6.54 Å². The van der Waals surface area contributed by atoms with E-state index in [9.17, 15) is 48.7 Å². The summed E-state index contributed by atoms with van der Waals surface area (Å²) in [6.45, 7) is -1.21. The van der Waals surface area contributed by atoms with Crippen LogP contribution in [0.3, 0.4) is 0 Å². The summed E-state index contributed by atoms with van der Waals surface area (Å²) >= 11 is 0. The van der Waals surface area contributed by atoms with Crippen LogP contribution in [0.1, 0.15) is 24.0 Å². The van der Waals surface area contributed by atoms with Crippen LogP contribution in [0.4, 0.5) is 43.9 Å². The molecule has 1 heterocycles. The van der Waals surface area contributed by atoms with Crippen molar-refractivity contribution in [3.63, 3.8) is 0 Å². The van der Waals surface area contributed by atoms with E-state index in [1.165, 1.54) is 0 Å². The first-order valence-electron chi connectivity index (χ1n) is 8.57. The number of hydrogen-bond acceptors (Lipinski definition) is 4. The molecule has 3 rings (SSSR count). The lowest BCUT2D eigenvalue weighted by atomic mass is 9.54. The molecule has 1 aliphatic carbocycles. The number of carbonyl (C=O) groups excluding carboxylic acids is 1. The molecule has 4 nitrogen and oxygen atoms in total. The zero-order chi connectivity index (χ0) is 23.5. The molecule has 2 fully saturated rings. The molecule has 1 aromatic carbocycles. The minimum atomic E-state index is -5.33. The minimum absolute atomic E-state index is 0.115. The van der Waals surface area contributed by atoms with Crippen molar-refractivity contribution in [3.05, 3.63) is 35.1 Å². The first kappa shape index (κ1) is 23.6. The largest absolute Gasteiger partial charge is 0.490 e. The van der Waals surface area contributed by atoms with Crippen molar-refractivity contribution < 1.29 is 58.2 Å². The van der Waals surface area contributed by atoms with E-state index in [1.54, 1.807) is 0 Å². The number of hydrogen-bond donors (Lipinski definition) is 1. The normalized spacial score (nSPS) is 28.8. The highest BCUT2D eigenvalue weighted by Crippen LogP contribution is 2.62. The van der Waals surface area contributed by atoms with Crippen molar-refractivity contribution in [2.45, 2.75) is 49.8 Å². The smallest absolute Gasteiger partial charge is 0.439 e. The highest BCUT2D eigenvalue weighted by atomic mass is 19.4. The predicted molar refractivity (Wildman–Crippen MR) is 80.6 cm³/mol. The van der Waals surface area contributed by atoms with Crippen LogP contribution < -0.4 is 5.32 Å². The Kier molecular flexibility index (Phi) is 5.49. The highest BCUT2D eigenvalue weighted by Gasteiger charge is 2.74. The summed E-state index contributed by atoms with van der Waals surface area (Å²) < 4.78 is 138. The summed E-state index contributed by atoms with van der Waals surface area (Å²) in [7, 11) is 0. The third-order valence-electron chi connectivity index (χ3n) is 5.33. The molecule has 0 amide bonds. The topological polar surface area (TPSA) is 47.6 Å². The van der Waals surface area contributed by atoms with Gasteiger partial charge in [0.05, 0.1) is 12.2 Å². The number of benzene rings is 1. The lowest BCUT2D eigenvalue weighted by Crippen LogP contribution is -2.77. The monoisotopic (exact) mass is 469 g/mol. The molecule has 1 aromatic rings. The van der Waals surface area contributed by atoms with Crippen LogP contribution in [0.5, 0.6) is 0 Å². The first-order valence-corrected chi connectivity index (χ1v) is 8.57. The van der Waals surface area contributed by atoms with Crippen molar-refractivity contribution in [2.24, 2.45) is 5.41 Å². The molecular formula is C17H13F10NO3. The van der Waals surface area contributed by atoms with E-state index in [-0.39, 0.29) is 12.6 Å². The van der Waals surface area contributed by atoms with Crippen molar-refractivity contribution >= 4 is 5.97 Å². The predicted octanol–water partition coefficient (Wildman–Crippen LogP) is 4.48. The molecule has 0 aromatic heterocycles. The summed E-state index contributed by atoms with van der Waals surface area (Å²) in [5, 5.41) is 2.30. The second-order valence-electron chi connectivity index (χ2n) is 7.46. The van der Waals surface area contributed by atoms with Gasteiger partial charge in [-0.15, -0.1) is 0 Å². The Morgan fingerprint density at radius 2 is 1.68 bits per heavy atom. The van der Waals surface area contributed by atoms with Gasteiger partial charge in [-0.25, -0.2) is 9.18 Å². The second-order valence-corrected chi connectivity index (χ2v) is 7.46. The van der Waals surface area contributed by atoms with Crippen LogP contribution in [-0.2, 0) is 27.1 Å². The molecule has 0 bridgehead atoms. The van der Waals surface area contributed by atoms with Crippen molar-refractivity contribution in [1.82, 2.24) is 5.32 Å². The lowest BCUT2D eigenvalue weighted by Gasteiger charge is -2.63. The molecular weight excluding hydrogens is 456 g/mol. The molecule has 14 heteroatoms. The fourth-order valence-corrected chi connectivity index (χ4v) is 3.65. The number of halogens is 10. The molecule has 1 N–H and O–H groups in total. The van der Waals surface area contributed by atoms with Gasteiger partial charge in [0, 0.05) is 17.5 Å². The summed E-state index contributed by atoms with van der Waals surface area (Å²) in [5.74, 6) is -4.00. The maximum Gasteiger partial charge on any atom is 0.490 e. The zero-order valence-electron chi connectivity index (χ0n) is 15.1. The number of nitrogens with one attached hydrogen (secondary N) is 1. The average molecular weight is 469 g/mol. The Hall–Kier alpha value is -2.09. The van der Waals surface area contributed by atoms with Crippen LogP contribution in [0, 0.1) is 11.2 Å². The minimum Gasteiger partial charge on any atom is -0.439 e. The Balaban J connectivity index is 1.70. The van der Waals surface area contributed by atoms with Gasteiger partial charge in [0.15, 0.2) is 11.8 Å². The SMILES string of the molecule is O=C(OC1NCC12CC(OCc1ccc(C(F)(F)F)cc1F)(C(F)(F)F)C2)C(F)(F)F. The molecule has 1 unspecified atom stereocenters. The van der Waals surface area contributed by atoms with Crippen LogP contribution >= 0.6 is 0 Å². The maximum atomic E-state index is 13.9. The number of carbonyl (C=O) groups is 1. The van der Waals surface area contributed by atoms with Gasteiger partial charge in [-0.05, 0) is 25.0 Å². The van der Waals surface area contributed by atoms with Gasteiger partial charge in [-0.2, -0.15) is 39.5 Å². The lowest BCUT2D eigenvalue weighted by molar-refractivity contribution is -0.361. The highest BCUT2D eigenvalue weighted by molar-refractivity contribution is 5.75. The maximum absolute atomic E-state index is 13.9. The molecule has 1 saturated carbocycles. The van der Waals surface area contributed by atoms with Crippen LogP contribution in [0.25, 0.3) is 0 Å². The number of ether oxygens (including phenoxy) is 2. The van der Waals surface area contributed by atoms with Crippen molar-refractivity contribution in [1.29, 1.82) is 0 Å². The fraction of sp³-hybridized carbons (Fsp3) is 0.588. The van der Waals surface area contributed by atoms with E-state index in [1.807, 2.05) is 0 Å².